The van der Waals surface area contributed by atoms with Crippen LogP contribution in [0.5, 0.6) is 0 Å². The second kappa shape index (κ2) is 4.49. The number of carbonyl (C=O) groups excluding carboxylic acids is 1. The van der Waals surface area contributed by atoms with Gasteiger partial charge in [0.25, 0.3) is 0 Å². The van der Waals surface area contributed by atoms with E-state index in [0.717, 1.165) is 15.7 Å². The number of hydrogen-bond acceptors (Lipinski definition) is 2. The lowest BCUT2D eigenvalue weighted by Gasteiger charge is -2.16. The Labute approximate surface area is 107 Å². The molecule has 5 heteroatoms. The van der Waals surface area contributed by atoms with Gasteiger partial charge >= 0.3 is 5.97 Å². The SMILES string of the molecule is Cc1ccc(N2CC(C(=O)O)CC2=O)cc1Br. The van der Waals surface area contributed by atoms with Crippen LogP contribution in [0.15, 0.2) is 22.7 Å². The summed E-state index contributed by atoms with van der Waals surface area (Å²) < 4.78 is 0.918. The highest BCUT2D eigenvalue weighted by Gasteiger charge is 2.35. The molecule has 0 bridgehead atoms. The molecule has 1 N–H and O–H groups in total. The number of amides is 1. The molecule has 1 heterocycles. The Hall–Kier alpha value is -1.36. The molecular weight excluding hydrogens is 286 g/mol. The molecule has 1 aromatic carbocycles. The number of nitrogens with zero attached hydrogens (tertiary/aromatic N) is 1. The lowest BCUT2D eigenvalue weighted by Crippen LogP contribution is -2.25. The van der Waals surface area contributed by atoms with E-state index < -0.39 is 11.9 Å². The smallest absolute Gasteiger partial charge is 0.308 e. The van der Waals surface area contributed by atoms with Gasteiger partial charge in [-0.2, -0.15) is 0 Å². The van der Waals surface area contributed by atoms with Gasteiger partial charge in [-0.1, -0.05) is 22.0 Å². The fraction of sp³-hybridized carbons (Fsp3) is 0.333. The van der Waals surface area contributed by atoms with E-state index in [1.807, 2.05) is 25.1 Å². The lowest BCUT2D eigenvalue weighted by molar-refractivity contribution is -0.141. The standard InChI is InChI=1S/C12H12BrNO3/c1-7-2-3-9(5-10(7)13)14-6-8(12(16)17)4-11(14)15/h2-3,5,8H,4,6H2,1H3,(H,16,17). The average molecular weight is 298 g/mol. The molecule has 1 saturated heterocycles. The van der Waals surface area contributed by atoms with Crippen LogP contribution in [0.25, 0.3) is 0 Å². The van der Waals surface area contributed by atoms with Crippen LogP contribution in [0.2, 0.25) is 0 Å². The minimum absolute atomic E-state index is 0.0842. The predicted molar refractivity (Wildman–Crippen MR) is 67.0 cm³/mol. The van der Waals surface area contributed by atoms with Gasteiger partial charge in [0.05, 0.1) is 5.92 Å². The molecular formula is C12H12BrNO3. The Morgan fingerprint density at radius 2 is 2.24 bits per heavy atom. The maximum Gasteiger partial charge on any atom is 0.308 e. The Balaban J connectivity index is 2.26. The zero-order valence-electron chi connectivity index (χ0n) is 9.31. The first-order chi connectivity index (χ1) is 7.99. The van der Waals surface area contributed by atoms with Gasteiger partial charge in [0.1, 0.15) is 0 Å². The van der Waals surface area contributed by atoms with E-state index >= 15 is 0 Å². The Kier molecular flexibility index (Phi) is 3.19. The molecule has 0 saturated carbocycles. The molecule has 0 radical (unpaired) electrons. The van der Waals surface area contributed by atoms with Crippen LogP contribution in [-0.2, 0) is 9.59 Å². The third-order valence-electron chi connectivity index (χ3n) is 2.94. The molecule has 1 aliphatic heterocycles. The van der Waals surface area contributed by atoms with Gasteiger partial charge in [-0.15, -0.1) is 0 Å². The van der Waals surface area contributed by atoms with Gasteiger partial charge in [0, 0.05) is 23.1 Å². The predicted octanol–water partition coefficient (Wildman–Crippen LogP) is 2.20. The Morgan fingerprint density at radius 1 is 1.53 bits per heavy atom. The number of hydrogen-bond donors (Lipinski definition) is 1. The Bertz CT molecular complexity index is 487. The molecule has 1 amide bonds. The highest BCUT2D eigenvalue weighted by molar-refractivity contribution is 9.10. The molecule has 0 aromatic heterocycles. The molecule has 2 rings (SSSR count). The Morgan fingerprint density at radius 3 is 2.76 bits per heavy atom. The molecule has 1 fully saturated rings. The van der Waals surface area contributed by atoms with Gasteiger partial charge in [-0.3, -0.25) is 9.59 Å². The van der Waals surface area contributed by atoms with Gasteiger partial charge < -0.3 is 10.0 Å². The first-order valence-corrected chi connectivity index (χ1v) is 6.07. The summed E-state index contributed by atoms with van der Waals surface area (Å²) in [6.07, 6.45) is 0.0842. The first kappa shape index (κ1) is 12.1. The maximum absolute atomic E-state index is 11.7. The summed E-state index contributed by atoms with van der Waals surface area (Å²) in [5, 5.41) is 8.91. The molecule has 1 unspecified atom stereocenters. The van der Waals surface area contributed by atoms with E-state index in [0.29, 0.717) is 0 Å². The minimum atomic E-state index is -0.910. The zero-order valence-corrected chi connectivity index (χ0v) is 10.9. The van der Waals surface area contributed by atoms with Crippen molar-refractivity contribution in [2.75, 3.05) is 11.4 Å². The van der Waals surface area contributed by atoms with Crippen molar-refractivity contribution in [3.8, 4) is 0 Å². The van der Waals surface area contributed by atoms with Crippen molar-refractivity contribution < 1.29 is 14.7 Å². The second-order valence-corrected chi connectivity index (χ2v) is 5.03. The fourth-order valence-corrected chi connectivity index (χ4v) is 2.24. The molecule has 17 heavy (non-hydrogen) atoms. The van der Waals surface area contributed by atoms with E-state index in [9.17, 15) is 9.59 Å². The third kappa shape index (κ3) is 2.34. The lowest BCUT2D eigenvalue weighted by atomic mass is 10.1. The molecule has 4 nitrogen and oxygen atoms in total. The largest absolute Gasteiger partial charge is 0.481 e. The van der Waals surface area contributed by atoms with Crippen LogP contribution >= 0.6 is 15.9 Å². The number of carbonyl (C=O) groups is 2. The number of carboxylic acid groups (broad SMARTS) is 1. The maximum atomic E-state index is 11.7. The van der Waals surface area contributed by atoms with Crippen molar-refractivity contribution in [1.82, 2.24) is 0 Å². The first-order valence-electron chi connectivity index (χ1n) is 5.28. The molecule has 1 aliphatic rings. The third-order valence-corrected chi connectivity index (χ3v) is 3.80. The molecule has 0 aliphatic carbocycles. The van der Waals surface area contributed by atoms with E-state index in [1.54, 1.807) is 0 Å². The van der Waals surface area contributed by atoms with Crippen LogP contribution in [0.3, 0.4) is 0 Å². The highest BCUT2D eigenvalue weighted by atomic mass is 79.9. The highest BCUT2D eigenvalue weighted by Crippen LogP contribution is 2.28. The number of rotatable bonds is 2. The van der Waals surface area contributed by atoms with Crippen LogP contribution in [0, 0.1) is 12.8 Å². The van der Waals surface area contributed by atoms with E-state index in [2.05, 4.69) is 15.9 Å². The van der Waals surface area contributed by atoms with Crippen LogP contribution in [-0.4, -0.2) is 23.5 Å². The molecule has 90 valence electrons. The average Bonchev–Trinajstić information content (AvgIpc) is 2.65. The van der Waals surface area contributed by atoms with Crippen molar-refractivity contribution >= 4 is 33.5 Å². The molecule has 1 atom stereocenters. The second-order valence-electron chi connectivity index (χ2n) is 4.18. The summed E-state index contributed by atoms with van der Waals surface area (Å²) in [7, 11) is 0. The quantitative estimate of drug-likeness (QED) is 0.910. The summed E-state index contributed by atoms with van der Waals surface area (Å²) in [6.45, 7) is 2.21. The van der Waals surface area contributed by atoms with Gasteiger partial charge in [-0.05, 0) is 24.6 Å². The number of aryl methyl sites for hydroxylation is 1. The topological polar surface area (TPSA) is 57.6 Å². The molecule has 0 spiro atoms. The minimum Gasteiger partial charge on any atom is -0.481 e. The van der Waals surface area contributed by atoms with Crippen molar-refractivity contribution in [2.24, 2.45) is 5.92 Å². The summed E-state index contributed by atoms with van der Waals surface area (Å²) in [5.74, 6) is -1.64. The monoisotopic (exact) mass is 297 g/mol. The number of halogens is 1. The zero-order chi connectivity index (χ0) is 12.6. The number of anilines is 1. The van der Waals surface area contributed by atoms with Gasteiger partial charge in [-0.25, -0.2) is 0 Å². The number of aliphatic carboxylic acids is 1. The van der Waals surface area contributed by atoms with Gasteiger partial charge in [0.2, 0.25) is 5.91 Å². The van der Waals surface area contributed by atoms with Crippen LogP contribution in [0.4, 0.5) is 5.69 Å². The number of benzene rings is 1. The van der Waals surface area contributed by atoms with Crippen LogP contribution in [0.1, 0.15) is 12.0 Å². The number of carboxylic acids is 1. The van der Waals surface area contributed by atoms with Crippen molar-refractivity contribution in [3.63, 3.8) is 0 Å². The van der Waals surface area contributed by atoms with E-state index in [1.165, 1.54) is 4.90 Å². The fourth-order valence-electron chi connectivity index (χ4n) is 1.87. The molecule has 1 aromatic rings. The van der Waals surface area contributed by atoms with Crippen molar-refractivity contribution in [3.05, 3.63) is 28.2 Å². The normalized spacial score (nSPS) is 19.8. The van der Waals surface area contributed by atoms with Crippen molar-refractivity contribution in [2.45, 2.75) is 13.3 Å². The van der Waals surface area contributed by atoms with E-state index in [4.69, 9.17) is 5.11 Å². The van der Waals surface area contributed by atoms with Crippen molar-refractivity contribution in [1.29, 1.82) is 0 Å². The van der Waals surface area contributed by atoms with Crippen LogP contribution < -0.4 is 4.90 Å². The summed E-state index contributed by atoms with van der Waals surface area (Å²) in [5.41, 5.74) is 1.83. The summed E-state index contributed by atoms with van der Waals surface area (Å²) >= 11 is 3.40. The van der Waals surface area contributed by atoms with Gasteiger partial charge in [0.15, 0.2) is 0 Å². The van der Waals surface area contributed by atoms with E-state index in [-0.39, 0.29) is 18.9 Å². The summed E-state index contributed by atoms with van der Waals surface area (Å²) in [4.78, 5) is 24.1. The summed E-state index contributed by atoms with van der Waals surface area (Å²) in [6, 6.07) is 5.58.